The Bertz CT molecular complexity index is 965. The van der Waals surface area contributed by atoms with Crippen molar-refractivity contribution in [2.75, 3.05) is 11.9 Å². The molecule has 0 aliphatic carbocycles. The highest BCUT2D eigenvalue weighted by molar-refractivity contribution is 6.01. The molecule has 3 aromatic rings. The van der Waals surface area contributed by atoms with Gasteiger partial charge in [0.05, 0.1) is 24.8 Å². The average Bonchev–Trinajstić information content (AvgIpc) is 3.40. The van der Waals surface area contributed by atoms with E-state index in [1.165, 1.54) is 11.1 Å². The maximum atomic E-state index is 14.0. The number of aryl methyl sites for hydroxylation is 1. The highest BCUT2D eigenvalue weighted by Crippen LogP contribution is 2.33. The Morgan fingerprint density at radius 1 is 1.26 bits per heavy atom. The van der Waals surface area contributed by atoms with Crippen LogP contribution >= 0.6 is 0 Å². The minimum atomic E-state index is -0.397. The van der Waals surface area contributed by atoms with Crippen molar-refractivity contribution in [3.05, 3.63) is 77.9 Å². The summed E-state index contributed by atoms with van der Waals surface area (Å²) in [6.07, 6.45) is 3.60. The molecule has 0 radical (unpaired) electrons. The summed E-state index contributed by atoms with van der Waals surface area (Å²) >= 11 is 0. The van der Waals surface area contributed by atoms with E-state index in [-0.39, 0.29) is 24.2 Å². The molecule has 0 spiro atoms. The molecule has 1 N–H and O–H groups in total. The predicted octanol–water partition coefficient (Wildman–Crippen LogP) is 4.11. The van der Waals surface area contributed by atoms with E-state index in [1.807, 2.05) is 0 Å². The van der Waals surface area contributed by atoms with Crippen molar-refractivity contribution in [2.45, 2.75) is 19.4 Å². The Morgan fingerprint density at radius 3 is 2.78 bits per heavy atom. The Morgan fingerprint density at radius 2 is 2.07 bits per heavy atom. The summed E-state index contributed by atoms with van der Waals surface area (Å²) in [6, 6.07) is 11.6. The molecule has 1 atom stereocenters. The van der Waals surface area contributed by atoms with Gasteiger partial charge in [-0.25, -0.2) is 9.40 Å². The lowest BCUT2D eigenvalue weighted by atomic mass is 10.1. The second-order valence-electron chi connectivity index (χ2n) is 6.33. The highest BCUT2D eigenvalue weighted by Gasteiger charge is 2.35. The van der Waals surface area contributed by atoms with Gasteiger partial charge in [-0.15, -0.1) is 0 Å². The van der Waals surface area contributed by atoms with Crippen molar-refractivity contribution in [1.82, 2.24) is 5.01 Å². The number of furan rings is 2. The molecule has 0 saturated carbocycles. The van der Waals surface area contributed by atoms with Crippen molar-refractivity contribution in [3.8, 4) is 0 Å². The summed E-state index contributed by atoms with van der Waals surface area (Å²) in [5.74, 6) is 0.555. The Hall–Kier alpha value is -3.35. The molecule has 1 unspecified atom stereocenters. The van der Waals surface area contributed by atoms with E-state index in [1.54, 1.807) is 55.8 Å². The zero-order valence-corrected chi connectivity index (χ0v) is 14.7. The maximum absolute atomic E-state index is 14.0. The SMILES string of the molecule is Cc1ccc(NCC(=O)N2N=C(c3ccco3)CC2c2ccco2)c(F)c1. The van der Waals surface area contributed by atoms with Crippen LogP contribution in [0, 0.1) is 12.7 Å². The van der Waals surface area contributed by atoms with Crippen LogP contribution in [0.3, 0.4) is 0 Å². The van der Waals surface area contributed by atoms with E-state index in [0.29, 0.717) is 23.7 Å². The number of hydrazone groups is 1. The molecule has 7 heteroatoms. The number of halogens is 1. The zero-order valence-electron chi connectivity index (χ0n) is 14.7. The van der Waals surface area contributed by atoms with Gasteiger partial charge in [0, 0.05) is 6.42 Å². The molecule has 1 amide bonds. The lowest BCUT2D eigenvalue weighted by Crippen LogP contribution is -2.32. The molecule has 0 bridgehead atoms. The highest BCUT2D eigenvalue weighted by atomic mass is 19.1. The van der Waals surface area contributed by atoms with Gasteiger partial charge < -0.3 is 14.2 Å². The van der Waals surface area contributed by atoms with Crippen molar-refractivity contribution < 1.29 is 18.0 Å². The van der Waals surface area contributed by atoms with Gasteiger partial charge in [0.2, 0.25) is 0 Å². The number of hydrogen-bond donors (Lipinski definition) is 1. The molecule has 6 nitrogen and oxygen atoms in total. The van der Waals surface area contributed by atoms with Gasteiger partial charge in [0.25, 0.3) is 5.91 Å². The van der Waals surface area contributed by atoms with E-state index in [9.17, 15) is 9.18 Å². The summed E-state index contributed by atoms with van der Waals surface area (Å²) in [5, 5.41) is 8.64. The van der Waals surface area contributed by atoms with Crippen LogP contribution in [0.2, 0.25) is 0 Å². The molecule has 2 aromatic heterocycles. The molecule has 27 heavy (non-hydrogen) atoms. The summed E-state index contributed by atoms with van der Waals surface area (Å²) in [4.78, 5) is 12.8. The van der Waals surface area contributed by atoms with Gasteiger partial charge in [0.15, 0.2) is 0 Å². The number of rotatable bonds is 5. The first kappa shape index (κ1) is 17.1. The smallest absolute Gasteiger partial charge is 0.262 e. The van der Waals surface area contributed by atoms with E-state index in [4.69, 9.17) is 8.83 Å². The number of carbonyl (C=O) groups excluding carboxylic acids is 1. The van der Waals surface area contributed by atoms with Gasteiger partial charge in [-0.1, -0.05) is 6.07 Å². The number of nitrogens with one attached hydrogen (secondary N) is 1. The summed E-state index contributed by atoms with van der Waals surface area (Å²) in [5.41, 5.74) is 1.75. The third kappa shape index (κ3) is 3.48. The zero-order chi connectivity index (χ0) is 18.8. The van der Waals surface area contributed by atoms with Gasteiger partial charge in [0.1, 0.15) is 29.1 Å². The fourth-order valence-electron chi connectivity index (χ4n) is 3.05. The molecule has 1 aromatic carbocycles. The first-order valence-electron chi connectivity index (χ1n) is 8.58. The molecule has 1 aliphatic heterocycles. The number of anilines is 1. The first-order chi connectivity index (χ1) is 13.1. The number of carbonyl (C=O) groups is 1. The number of benzene rings is 1. The fourth-order valence-corrected chi connectivity index (χ4v) is 3.05. The normalized spacial score (nSPS) is 16.4. The van der Waals surface area contributed by atoms with Crippen molar-refractivity contribution >= 4 is 17.3 Å². The quantitative estimate of drug-likeness (QED) is 0.737. The molecule has 0 fully saturated rings. The average molecular weight is 367 g/mol. The monoisotopic (exact) mass is 367 g/mol. The number of amides is 1. The van der Waals surface area contributed by atoms with E-state index in [2.05, 4.69) is 10.4 Å². The van der Waals surface area contributed by atoms with Gasteiger partial charge in [-0.2, -0.15) is 5.10 Å². The maximum Gasteiger partial charge on any atom is 0.262 e. The predicted molar refractivity (Wildman–Crippen MR) is 97.8 cm³/mol. The van der Waals surface area contributed by atoms with Crippen molar-refractivity contribution in [1.29, 1.82) is 0 Å². The van der Waals surface area contributed by atoms with Crippen LogP contribution in [0.15, 0.2) is 68.9 Å². The van der Waals surface area contributed by atoms with Crippen molar-refractivity contribution in [2.24, 2.45) is 5.10 Å². The molecular formula is C20H18FN3O3. The first-order valence-corrected chi connectivity index (χ1v) is 8.58. The lowest BCUT2D eigenvalue weighted by Gasteiger charge is -2.20. The van der Waals surface area contributed by atoms with E-state index in [0.717, 1.165) is 5.56 Å². The summed E-state index contributed by atoms with van der Waals surface area (Å²) in [6.45, 7) is 1.72. The standard InChI is InChI=1S/C20H18FN3O3/c1-13-6-7-15(14(21)10-13)22-12-20(25)24-17(19-5-3-9-27-19)11-16(23-24)18-4-2-8-26-18/h2-10,17,22H,11-12H2,1H3. The van der Waals surface area contributed by atoms with Gasteiger partial charge in [-0.05, 0) is 48.9 Å². The van der Waals surface area contributed by atoms with Crippen LogP contribution in [0.5, 0.6) is 0 Å². The third-order valence-electron chi connectivity index (χ3n) is 4.40. The number of hydrogen-bond acceptors (Lipinski definition) is 5. The van der Waals surface area contributed by atoms with Gasteiger partial charge in [-0.3, -0.25) is 4.79 Å². The lowest BCUT2D eigenvalue weighted by molar-refractivity contribution is -0.131. The summed E-state index contributed by atoms with van der Waals surface area (Å²) in [7, 11) is 0. The second-order valence-corrected chi connectivity index (χ2v) is 6.33. The Labute approximate surface area is 155 Å². The van der Waals surface area contributed by atoms with Crippen LogP contribution in [-0.2, 0) is 4.79 Å². The molecule has 0 saturated heterocycles. The van der Waals surface area contributed by atoms with Crippen LogP contribution in [-0.4, -0.2) is 23.2 Å². The van der Waals surface area contributed by atoms with E-state index < -0.39 is 5.82 Å². The molecule has 4 rings (SSSR count). The Kier molecular flexibility index (Phi) is 4.50. The fraction of sp³-hybridized carbons (Fsp3) is 0.200. The van der Waals surface area contributed by atoms with Crippen LogP contribution < -0.4 is 5.32 Å². The van der Waals surface area contributed by atoms with Crippen LogP contribution in [0.25, 0.3) is 0 Å². The second kappa shape index (κ2) is 7.11. The van der Waals surface area contributed by atoms with Crippen LogP contribution in [0.1, 0.15) is 29.5 Å². The van der Waals surface area contributed by atoms with Crippen LogP contribution in [0.4, 0.5) is 10.1 Å². The Balaban J connectivity index is 1.53. The van der Waals surface area contributed by atoms with Gasteiger partial charge >= 0.3 is 0 Å². The molecule has 1 aliphatic rings. The minimum Gasteiger partial charge on any atom is -0.467 e. The summed E-state index contributed by atoms with van der Waals surface area (Å²) < 4.78 is 24.9. The third-order valence-corrected chi connectivity index (χ3v) is 4.40. The topological polar surface area (TPSA) is 71.0 Å². The largest absolute Gasteiger partial charge is 0.467 e. The minimum absolute atomic E-state index is 0.0911. The van der Waals surface area contributed by atoms with E-state index >= 15 is 0 Å². The number of nitrogens with zero attached hydrogens (tertiary/aromatic N) is 2. The molecule has 3 heterocycles. The molecular weight excluding hydrogens is 349 g/mol. The van der Waals surface area contributed by atoms with Crippen molar-refractivity contribution in [3.63, 3.8) is 0 Å². The molecule has 138 valence electrons.